The highest BCUT2D eigenvalue weighted by Gasteiger charge is 2.22. The van der Waals surface area contributed by atoms with Gasteiger partial charge < -0.3 is 4.74 Å². The molecule has 22 heavy (non-hydrogen) atoms. The highest BCUT2D eigenvalue weighted by Crippen LogP contribution is 2.20. The number of nitrogens with zero attached hydrogens (tertiary/aromatic N) is 1. The molecule has 3 rings (SSSR count). The van der Waals surface area contributed by atoms with Crippen LogP contribution in [0, 0.1) is 0 Å². The van der Waals surface area contributed by atoms with E-state index in [2.05, 4.69) is 35.2 Å². The van der Waals surface area contributed by atoms with Crippen LogP contribution in [0.2, 0.25) is 0 Å². The van der Waals surface area contributed by atoms with Gasteiger partial charge in [0.15, 0.2) is 0 Å². The smallest absolute Gasteiger partial charge is 0.119 e. The van der Waals surface area contributed by atoms with Crippen molar-refractivity contribution < 1.29 is 4.74 Å². The van der Waals surface area contributed by atoms with E-state index in [-0.39, 0.29) is 0 Å². The van der Waals surface area contributed by atoms with Crippen LogP contribution in [0.3, 0.4) is 0 Å². The van der Waals surface area contributed by atoms with Gasteiger partial charge >= 0.3 is 0 Å². The predicted octanol–water partition coefficient (Wildman–Crippen LogP) is 4.16. The zero-order valence-electron chi connectivity index (χ0n) is 13.2. The minimum Gasteiger partial charge on any atom is -0.492 e. The molecule has 0 spiro atoms. The van der Waals surface area contributed by atoms with Crippen LogP contribution in [-0.4, -0.2) is 30.6 Å². The Balaban J connectivity index is 1.51. The summed E-state index contributed by atoms with van der Waals surface area (Å²) in [6.07, 6.45) is 5.14. The molecule has 0 N–H and O–H groups in total. The summed E-state index contributed by atoms with van der Waals surface area (Å²) in [4.78, 5) is 2.61. The Labute approximate surface area is 133 Å². The van der Waals surface area contributed by atoms with Gasteiger partial charge in [-0.2, -0.15) is 0 Å². The molecule has 1 aliphatic heterocycles. The van der Waals surface area contributed by atoms with Crippen LogP contribution in [-0.2, 0) is 6.42 Å². The Morgan fingerprint density at radius 2 is 1.64 bits per heavy atom. The zero-order valence-corrected chi connectivity index (χ0v) is 13.2. The number of para-hydroxylation sites is 1. The van der Waals surface area contributed by atoms with E-state index in [9.17, 15) is 0 Å². The SMILES string of the molecule is c1ccc(CC2CCCCN2CCOc2ccccc2)cc1. The molecular weight excluding hydrogens is 270 g/mol. The number of rotatable bonds is 6. The summed E-state index contributed by atoms with van der Waals surface area (Å²) in [5, 5.41) is 0. The van der Waals surface area contributed by atoms with Crippen LogP contribution in [0.25, 0.3) is 0 Å². The summed E-state index contributed by atoms with van der Waals surface area (Å²) in [6.45, 7) is 3.00. The molecule has 0 bridgehead atoms. The maximum atomic E-state index is 5.87. The monoisotopic (exact) mass is 295 g/mol. The molecule has 116 valence electrons. The number of hydrogen-bond donors (Lipinski definition) is 0. The molecule has 2 aromatic rings. The first-order chi connectivity index (χ1) is 10.9. The molecule has 1 saturated heterocycles. The van der Waals surface area contributed by atoms with Crippen molar-refractivity contribution in [2.75, 3.05) is 19.7 Å². The predicted molar refractivity (Wildman–Crippen MR) is 91.3 cm³/mol. The summed E-state index contributed by atoms with van der Waals surface area (Å²) in [5.74, 6) is 0.971. The average molecular weight is 295 g/mol. The molecule has 0 radical (unpaired) electrons. The minimum absolute atomic E-state index is 0.663. The fraction of sp³-hybridized carbons (Fsp3) is 0.400. The fourth-order valence-corrected chi connectivity index (χ4v) is 3.27. The van der Waals surface area contributed by atoms with Gasteiger partial charge in [0.2, 0.25) is 0 Å². The first kappa shape index (κ1) is 15.1. The molecule has 0 aliphatic carbocycles. The molecule has 2 aromatic carbocycles. The quantitative estimate of drug-likeness (QED) is 0.793. The molecule has 2 heteroatoms. The highest BCUT2D eigenvalue weighted by atomic mass is 16.5. The van der Waals surface area contributed by atoms with E-state index in [1.54, 1.807) is 0 Å². The van der Waals surface area contributed by atoms with Gasteiger partial charge in [0, 0.05) is 12.6 Å². The lowest BCUT2D eigenvalue weighted by Crippen LogP contribution is -2.43. The van der Waals surface area contributed by atoms with Crippen LogP contribution in [0.4, 0.5) is 0 Å². The Morgan fingerprint density at radius 1 is 0.909 bits per heavy atom. The first-order valence-corrected chi connectivity index (χ1v) is 8.37. The maximum absolute atomic E-state index is 5.87. The van der Waals surface area contributed by atoms with Crippen LogP contribution < -0.4 is 4.74 Å². The second-order valence-electron chi connectivity index (χ2n) is 6.04. The normalized spacial score (nSPS) is 19.0. The van der Waals surface area contributed by atoms with Gasteiger partial charge in [0.25, 0.3) is 0 Å². The number of likely N-dealkylation sites (tertiary alicyclic amines) is 1. The van der Waals surface area contributed by atoms with Crippen molar-refractivity contribution >= 4 is 0 Å². The van der Waals surface area contributed by atoms with E-state index in [4.69, 9.17) is 4.74 Å². The standard InChI is InChI=1S/C20H25NO/c1-3-9-18(10-4-1)17-19-11-7-8-14-21(19)15-16-22-20-12-5-2-6-13-20/h1-6,9-10,12-13,19H,7-8,11,14-17H2. The summed E-state index contributed by atoms with van der Waals surface area (Å²) < 4.78 is 5.87. The Bertz CT molecular complexity index is 540. The molecule has 2 nitrogen and oxygen atoms in total. The average Bonchev–Trinajstić information content (AvgIpc) is 2.58. The summed E-state index contributed by atoms with van der Waals surface area (Å²) in [7, 11) is 0. The molecule has 1 heterocycles. The molecule has 1 unspecified atom stereocenters. The lowest BCUT2D eigenvalue weighted by atomic mass is 9.96. The van der Waals surface area contributed by atoms with Gasteiger partial charge in [-0.25, -0.2) is 0 Å². The van der Waals surface area contributed by atoms with Crippen molar-refractivity contribution in [2.45, 2.75) is 31.7 Å². The largest absolute Gasteiger partial charge is 0.492 e. The minimum atomic E-state index is 0.663. The van der Waals surface area contributed by atoms with Gasteiger partial charge in [-0.3, -0.25) is 4.90 Å². The van der Waals surface area contributed by atoms with Gasteiger partial charge in [-0.05, 0) is 43.5 Å². The van der Waals surface area contributed by atoms with E-state index in [0.717, 1.165) is 25.3 Å². The lowest BCUT2D eigenvalue weighted by molar-refractivity contribution is 0.122. The van der Waals surface area contributed by atoms with Crippen molar-refractivity contribution in [3.63, 3.8) is 0 Å². The third-order valence-electron chi connectivity index (χ3n) is 4.45. The molecule has 0 amide bonds. The van der Waals surface area contributed by atoms with Crippen molar-refractivity contribution in [3.8, 4) is 5.75 Å². The van der Waals surface area contributed by atoms with Gasteiger partial charge in [-0.15, -0.1) is 0 Å². The zero-order chi connectivity index (χ0) is 15.0. The van der Waals surface area contributed by atoms with Crippen molar-refractivity contribution in [1.29, 1.82) is 0 Å². The summed E-state index contributed by atoms with van der Waals surface area (Å²) in [6, 6.07) is 21.6. The first-order valence-electron chi connectivity index (χ1n) is 8.37. The van der Waals surface area contributed by atoms with E-state index < -0.39 is 0 Å². The molecule has 1 aliphatic rings. The molecule has 1 fully saturated rings. The Kier molecular flexibility index (Phi) is 5.49. The second kappa shape index (κ2) is 8.00. The maximum Gasteiger partial charge on any atom is 0.119 e. The summed E-state index contributed by atoms with van der Waals surface area (Å²) >= 11 is 0. The van der Waals surface area contributed by atoms with Gasteiger partial charge in [0.1, 0.15) is 12.4 Å². The van der Waals surface area contributed by atoms with Crippen LogP contribution in [0.5, 0.6) is 5.75 Å². The van der Waals surface area contributed by atoms with Crippen LogP contribution in [0.1, 0.15) is 24.8 Å². The lowest BCUT2D eigenvalue weighted by Gasteiger charge is -2.35. The number of hydrogen-bond acceptors (Lipinski definition) is 2. The van der Waals surface area contributed by atoms with E-state index in [1.165, 1.54) is 31.4 Å². The molecule has 0 saturated carbocycles. The van der Waals surface area contributed by atoms with Crippen molar-refractivity contribution in [3.05, 3.63) is 66.2 Å². The third kappa shape index (κ3) is 4.35. The number of ether oxygens (including phenoxy) is 1. The topological polar surface area (TPSA) is 12.5 Å². The van der Waals surface area contributed by atoms with E-state index >= 15 is 0 Å². The fourth-order valence-electron chi connectivity index (χ4n) is 3.27. The number of benzene rings is 2. The Morgan fingerprint density at radius 3 is 2.41 bits per heavy atom. The third-order valence-corrected chi connectivity index (χ3v) is 4.45. The van der Waals surface area contributed by atoms with E-state index in [1.807, 2.05) is 30.3 Å². The van der Waals surface area contributed by atoms with Crippen molar-refractivity contribution in [1.82, 2.24) is 4.90 Å². The van der Waals surface area contributed by atoms with Crippen molar-refractivity contribution in [2.24, 2.45) is 0 Å². The van der Waals surface area contributed by atoms with Crippen LogP contribution in [0.15, 0.2) is 60.7 Å². The van der Waals surface area contributed by atoms with Gasteiger partial charge in [0.05, 0.1) is 0 Å². The highest BCUT2D eigenvalue weighted by molar-refractivity contribution is 5.21. The van der Waals surface area contributed by atoms with E-state index in [0.29, 0.717) is 6.04 Å². The Hall–Kier alpha value is -1.80. The molecule has 0 aromatic heterocycles. The second-order valence-corrected chi connectivity index (χ2v) is 6.04. The summed E-state index contributed by atoms with van der Waals surface area (Å²) in [5.41, 5.74) is 1.45. The van der Waals surface area contributed by atoms with Gasteiger partial charge in [-0.1, -0.05) is 55.0 Å². The van der Waals surface area contributed by atoms with Crippen LogP contribution >= 0.6 is 0 Å². The molecular formula is C20H25NO. The number of piperidine rings is 1. The molecule has 1 atom stereocenters.